The Morgan fingerprint density at radius 2 is 1.82 bits per heavy atom. The number of rotatable bonds is 6. The van der Waals surface area contributed by atoms with E-state index in [9.17, 15) is 18.8 Å². The number of allylic oxidation sites excluding steroid dienone is 3. The molecule has 7 nitrogen and oxygen atoms in total. The summed E-state index contributed by atoms with van der Waals surface area (Å²) < 4.78 is 29.8. The molecule has 0 bridgehead atoms. The van der Waals surface area contributed by atoms with Crippen LogP contribution in [0, 0.1) is 11.7 Å². The number of furan rings is 1. The molecule has 1 aliphatic carbocycles. The van der Waals surface area contributed by atoms with Crippen molar-refractivity contribution in [3.63, 3.8) is 0 Å². The van der Waals surface area contributed by atoms with Crippen LogP contribution < -0.4 is 5.32 Å². The molecule has 1 aliphatic heterocycles. The van der Waals surface area contributed by atoms with Crippen LogP contribution in [0.25, 0.3) is 0 Å². The lowest BCUT2D eigenvalue weighted by atomic mass is 9.68. The number of hydrogen-bond donors (Lipinski definition) is 1. The van der Waals surface area contributed by atoms with Crippen LogP contribution in [-0.4, -0.2) is 30.9 Å². The highest BCUT2D eigenvalue weighted by atomic mass is 19.1. The van der Waals surface area contributed by atoms with Gasteiger partial charge in [-0.2, -0.15) is 0 Å². The van der Waals surface area contributed by atoms with Crippen LogP contribution in [0.1, 0.15) is 50.4 Å². The number of ketones is 1. The molecule has 0 spiro atoms. The number of carbonyl (C=O) groups excluding carboxylic acids is 3. The minimum absolute atomic E-state index is 0.117. The van der Waals surface area contributed by atoms with Gasteiger partial charge in [0.1, 0.15) is 17.5 Å². The van der Waals surface area contributed by atoms with E-state index in [1.807, 2.05) is 0 Å². The molecule has 0 radical (unpaired) electrons. The number of halogens is 1. The van der Waals surface area contributed by atoms with Gasteiger partial charge in [0.15, 0.2) is 5.78 Å². The quantitative estimate of drug-likeness (QED) is 0.504. The zero-order valence-corrected chi connectivity index (χ0v) is 19.2. The van der Waals surface area contributed by atoms with Crippen LogP contribution in [0.2, 0.25) is 0 Å². The molecular weight excluding hydrogens is 441 g/mol. The summed E-state index contributed by atoms with van der Waals surface area (Å²) in [5.74, 6) is -4.17. The van der Waals surface area contributed by atoms with Gasteiger partial charge in [0.25, 0.3) is 0 Å². The molecule has 0 saturated carbocycles. The van der Waals surface area contributed by atoms with Crippen LogP contribution in [0.4, 0.5) is 4.39 Å². The zero-order chi connectivity index (χ0) is 24.4. The third-order valence-electron chi connectivity index (χ3n) is 6.17. The number of esters is 2. The van der Waals surface area contributed by atoms with Gasteiger partial charge in [-0.15, -0.1) is 0 Å². The summed E-state index contributed by atoms with van der Waals surface area (Å²) in [5, 5.41) is 3.20. The van der Waals surface area contributed by atoms with Gasteiger partial charge in [0, 0.05) is 28.8 Å². The van der Waals surface area contributed by atoms with Gasteiger partial charge in [0.05, 0.1) is 25.1 Å². The summed E-state index contributed by atoms with van der Waals surface area (Å²) in [4.78, 5) is 39.9. The molecule has 1 N–H and O–H groups in total. The van der Waals surface area contributed by atoms with Crippen molar-refractivity contribution >= 4 is 17.7 Å². The number of benzene rings is 1. The molecule has 0 amide bonds. The van der Waals surface area contributed by atoms with Crippen LogP contribution >= 0.6 is 0 Å². The molecule has 3 atom stereocenters. The first-order valence-corrected chi connectivity index (χ1v) is 11.2. The third kappa shape index (κ3) is 4.16. The normalized spacial score (nSPS) is 22.2. The van der Waals surface area contributed by atoms with E-state index in [-0.39, 0.29) is 24.4 Å². The van der Waals surface area contributed by atoms with E-state index in [0.717, 1.165) is 0 Å². The molecule has 0 fully saturated rings. The number of dihydropyridines is 1. The molecule has 3 unspecified atom stereocenters. The molecule has 4 rings (SSSR count). The van der Waals surface area contributed by atoms with Crippen molar-refractivity contribution in [1.82, 2.24) is 5.32 Å². The zero-order valence-electron chi connectivity index (χ0n) is 19.2. The molecule has 178 valence electrons. The number of nitrogens with one attached hydrogen (secondary N) is 1. The van der Waals surface area contributed by atoms with E-state index in [4.69, 9.17) is 13.9 Å². The SMILES string of the molecule is CCOC(=O)C1=C(C)NC2=C(C(=O)C(C(=O)OCC)C(c3ccco3)C2)C1c1ccc(F)cc1. The number of ether oxygens (including phenoxy) is 2. The minimum Gasteiger partial charge on any atom is -0.469 e. The summed E-state index contributed by atoms with van der Waals surface area (Å²) in [6, 6.07) is 9.05. The van der Waals surface area contributed by atoms with E-state index in [0.29, 0.717) is 29.1 Å². The first kappa shape index (κ1) is 23.5. The second-order valence-corrected chi connectivity index (χ2v) is 8.18. The molecule has 1 aromatic heterocycles. The standard InChI is InChI=1S/C26H26FNO6/c1-4-32-25(30)20-14(3)28-18-13-17(19-7-6-12-34-19)22(26(31)33-5-2)24(29)23(18)21(20)15-8-10-16(27)11-9-15/h6-12,17,21-22,28H,4-5,13H2,1-3H3. The Morgan fingerprint density at radius 3 is 2.44 bits per heavy atom. The highest BCUT2D eigenvalue weighted by Crippen LogP contribution is 2.48. The minimum atomic E-state index is -1.14. The second kappa shape index (κ2) is 9.67. The Labute approximate surface area is 196 Å². The van der Waals surface area contributed by atoms with E-state index in [2.05, 4.69) is 5.32 Å². The van der Waals surface area contributed by atoms with Crippen molar-refractivity contribution in [1.29, 1.82) is 0 Å². The van der Waals surface area contributed by atoms with Crippen molar-refractivity contribution in [2.45, 2.75) is 39.0 Å². The maximum Gasteiger partial charge on any atom is 0.336 e. The molecule has 2 heterocycles. The molecule has 1 aromatic carbocycles. The lowest BCUT2D eigenvalue weighted by Gasteiger charge is -2.38. The average Bonchev–Trinajstić information content (AvgIpc) is 3.33. The Balaban J connectivity index is 1.88. The summed E-state index contributed by atoms with van der Waals surface area (Å²) in [5.41, 5.74) is 2.20. The van der Waals surface area contributed by atoms with Gasteiger partial charge in [-0.3, -0.25) is 9.59 Å². The van der Waals surface area contributed by atoms with Crippen molar-refractivity contribution < 1.29 is 32.7 Å². The monoisotopic (exact) mass is 467 g/mol. The van der Waals surface area contributed by atoms with Gasteiger partial charge in [0.2, 0.25) is 0 Å². The largest absolute Gasteiger partial charge is 0.469 e. The number of Topliss-reactive ketones (excluding diaryl/α,β-unsaturated/α-hetero) is 1. The Bertz CT molecular complexity index is 1160. The summed E-state index contributed by atoms with van der Waals surface area (Å²) in [6.45, 7) is 5.37. The van der Waals surface area contributed by atoms with E-state index < -0.39 is 41.3 Å². The lowest BCUT2D eigenvalue weighted by Crippen LogP contribution is -2.43. The highest BCUT2D eigenvalue weighted by Gasteiger charge is 2.49. The Kier molecular flexibility index (Phi) is 6.68. The maximum atomic E-state index is 14.0. The molecule has 34 heavy (non-hydrogen) atoms. The topological polar surface area (TPSA) is 94.8 Å². The predicted molar refractivity (Wildman–Crippen MR) is 120 cm³/mol. The van der Waals surface area contributed by atoms with Crippen LogP contribution in [0.5, 0.6) is 0 Å². The number of hydrogen-bond acceptors (Lipinski definition) is 7. The fourth-order valence-electron chi connectivity index (χ4n) is 4.77. The fraction of sp³-hybridized carbons (Fsp3) is 0.346. The van der Waals surface area contributed by atoms with Crippen molar-refractivity contribution in [2.24, 2.45) is 5.92 Å². The Morgan fingerprint density at radius 1 is 1.12 bits per heavy atom. The van der Waals surface area contributed by atoms with Crippen LogP contribution in [-0.2, 0) is 23.9 Å². The van der Waals surface area contributed by atoms with E-state index in [1.165, 1.54) is 30.5 Å². The summed E-state index contributed by atoms with van der Waals surface area (Å²) in [7, 11) is 0. The van der Waals surface area contributed by atoms with Crippen molar-refractivity contribution in [3.8, 4) is 0 Å². The molecule has 8 heteroatoms. The average molecular weight is 467 g/mol. The maximum absolute atomic E-state index is 14.0. The van der Waals surface area contributed by atoms with Crippen LogP contribution in [0.3, 0.4) is 0 Å². The van der Waals surface area contributed by atoms with Gasteiger partial charge in [-0.25, -0.2) is 9.18 Å². The lowest BCUT2D eigenvalue weighted by molar-refractivity contribution is -0.152. The molecular formula is C26H26FNO6. The second-order valence-electron chi connectivity index (χ2n) is 8.18. The smallest absolute Gasteiger partial charge is 0.336 e. The third-order valence-corrected chi connectivity index (χ3v) is 6.17. The molecule has 2 aromatic rings. The molecule has 0 saturated heterocycles. The summed E-state index contributed by atoms with van der Waals surface area (Å²) in [6.07, 6.45) is 1.79. The molecule has 2 aliphatic rings. The van der Waals surface area contributed by atoms with Gasteiger partial charge in [-0.05, 0) is 57.0 Å². The van der Waals surface area contributed by atoms with E-state index in [1.54, 1.807) is 32.9 Å². The Hall–Kier alpha value is -3.68. The summed E-state index contributed by atoms with van der Waals surface area (Å²) >= 11 is 0. The first-order valence-electron chi connectivity index (χ1n) is 11.2. The van der Waals surface area contributed by atoms with Gasteiger partial charge < -0.3 is 19.2 Å². The van der Waals surface area contributed by atoms with Gasteiger partial charge in [-0.1, -0.05) is 12.1 Å². The van der Waals surface area contributed by atoms with Crippen molar-refractivity contribution in [3.05, 3.63) is 82.3 Å². The fourth-order valence-corrected chi connectivity index (χ4v) is 4.77. The predicted octanol–water partition coefficient (Wildman–Crippen LogP) is 4.13. The van der Waals surface area contributed by atoms with Crippen molar-refractivity contribution in [2.75, 3.05) is 13.2 Å². The highest BCUT2D eigenvalue weighted by molar-refractivity contribution is 6.13. The first-order chi connectivity index (χ1) is 16.4. The number of carbonyl (C=O) groups is 3. The van der Waals surface area contributed by atoms with Crippen LogP contribution in [0.15, 0.2) is 69.6 Å². The van der Waals surface area contributed by atoms with E-state index >= 15 is 0 Å². The van der Waals surface area contributed by atoms with Gasteiger partial charge >= 0.3 is 11.9 Å².